The first kappa shape index (κ1) is 19.5. The van der Waals surface area contributed by atoms with Crippen molar-refractivity contribution in [2.24, 2.45) is 4.99 Å². The van der Waals surface area contributed by atoms with E-state index >= 15 is 0 Å². The fourth-order valence-electron chi connectivity index (χ4n) is 3.07. The molecule has 0 amide bonds. The summed E-state index contributed by atoms with van der Waals surface area (Å²) in [6.07, 6.45) is 4.35. The Kier molecular flexibility index (Phi) is 7.98. The van der Waals surface area contributed by atoms with Crippen LogP contribution in [-0.4, -0.2) is 74.1 Å². The van der Waals surface area contributed by atoms with E-state index in [9.17, 15) is 0 Å². The standard InChI is InChI=1S/C19H34N6/c1-5-7-10-23(4)19(20-3)22-16-17-8-9-18(21-15-17)25-13-11-24(6-2)12-14-25/h8-9,15H,5-7,10-14,16H2,1-4H3,(H,20,22). The smallest absolute Gasteiger partial charge is 0.193 e. The largest absolute Gasteiger partial charge is 0.354 e. The van der Waals surface area contributed by atoms with E-state index in [1.807, 2.05) is 13.2 Å². The molecule has 1 aliphatic heterocycles. The van der Waals surface area contributed by atoms with Crippen LogP contribution in [0.25, 0.3) is 0 Å². The molecule has 0 bridgehead atoms. The summed E-state index contributed by atoms with van der Waals surface area (Å²) in [6.45, 7) is 11.7. The monoisotopic (exact) mass is 346 g/mol. The molecular weight excluding hydrogens is 312 g/mol. The third-order valence-electron chi connectivity index (χ3n) is 4.82. The predicted molar refractivity (Wildman–Crippen MR) is 106 cm³/mol. The maximum absolute atomic E-state index is 4.67. The molecular formula is C19H34N6. The number of nitrogens with one attached hydrogen (secondary N) is 1. The van der Waals surface area contributed by atoms with Crippen LogP contribution in [-0.2, 0) is 6.54 Å². The lowest BCUT2D eigenvalue weighted by Crippen LogP contribution is -2.46. The molecule has 6 nitrogen and oxygen atoms in total. The van der Waals surface area contributed by atoms with Crippen molar-refractivity contribution >= 4 is 11.8 Å². The lowest BCUT2D eigenvalue weighted by molar-refractivity contribution is 0.270. The molecule has 2 rings (SSSR count). The van der Waals surface area contributed by atoms with Gasteiger partial charge < -0.3 is 20.0 Å². The molecule has 1 N–H and O–H groups in total. The third-order valence-corrected chi connectivity index (χ3v) is 4.82. The molecule has 1 saturated heterocycles. The van der Waals surface area contributed by atoms with Crippen molar-refractivity contribution in [3.63, 3.8) is 0 Å². The van der Waals surface area contributed by atoms with Crippen LogP contribution in [0.1, 0.15) is 32.3 Å². The molecule has 25 heavy (non-hydrogen) atoms. The Morgan fingerprint density at radius 2 is 2.00 bits per heavy atom. The molecule has 0 spiro atoms. The van der Waals surface area contributed by atoms with Crippen molar-refractivity contribution in [3.8, 4) is 0 Å². The molecule has 1 aromatic rings. The number of hydrogen-bond acceptors (Lipinski definition) is 4. The Hall–Kier alpha value is -1.82. The van der Waals surface area contributed by atoms with Gasteiger partial charge in [-0.05, 0) is 24.6 Å². The van der Waals surface area contributed by atoms with Crippen LogP contribution in [0.3, 0.4) is 0 Å². The van der Waals surface area contributed by atoms with E-state index < -0.39 is 0 Å². The zero-order valence-corrected chi connectivity index (χ0v) is 16.3. The van der Waals surface area contributed by atoms with Gasteiger partial charge in [-0.3, -0.25) is 4.99 Å². The number of pyridine rings is 1. The zero-order chi connectivity index (χ0) is 18.1. The molecule has 0 radical (unpaired) electrons. The molecule has 1 fully saturated rings. The lowest BCUT2D eigenvalue weighted by atomic mass is 10.2. The van der Waals surface area contributed by atoms with Crippen LogP contribution >= 0.6 is 0 Å². The summed E-state index contributed by atoms with van der Waals surface area (Å²) < 4.78 is 0. The van der Waals surface area contributed by atoms with Crippen LogP contribution in [0.15, 0.2) is 23.3 Å². The van der Waals surface area contributed by atoms with Gasteiger partial charge in [0.05, 0.1) is 0 Å². The number of likely N-dealkylation sites (N-methyl/N-ethyl adjacent to an activating group) is 1. The van der Waals surface area contributed by atoms with Crippen molar-refractivity contribution in [1.82, 2.24) is 20.1 Å². The van der Waals surface area contributed by atoms with Crippen molar-refractivity contribution in [3.05, 3.63) is 23.9 Å². The molecule has 0 aromatic carbocycles. The van der Waals surface area contributed by atoms with Gasteiger partial charge in [0.25, 0.3) is 0 Å². The highest BCUT2D eigenvalue weighted by Gasteiger charge is 2.16. The highest BCUT2D eigenvalue weighted by Crippen LogP contribution is 2.14. The summed E-state index contributed by atoms with van der Waals surface area (Å²) in [4.78, 5) is 16.1. The molecule has 2 heterocycles. The Morgan fingerprint density at radius 1 is 1.24 bits per heavy atom. The van der Waals surface area contributed by atoms with E-state index in [4.69, 9.17) is 0 Å². The number of piperazine rings is 1. The normalized spacial score (nSPS) is 16.2. The first-order chi connectivity index (χ1) is 12.2. The summed E-state index contributed by atoms with van der Waals surface area (Å²) in [7, 11) is 3.92. The highest BCUT2D eigenvalue weighted by atomic mass is 15.3. The Balaban J connectivity index is 1.84. The number of aliphatic imine (C=N–C) groups is 1. The van der Waals surface area contributed by atoms with Crippen LogP contribution in [0.4, 0.5) is 5.82 Å². The van der Waals surface area contributed by atoms with E-state index in [0.29, 0.717) is 0 Å². The number of anilines is 1. The summed E-state index contributed by atoms with van der Waals surface area (Å²) in [5.74, 6) is 2.03. The van der Waals surface area contributed by atoms with Gasteiger partial charge >= 0.3 is 0 Å². The van der Waals surface area contributed by atoms with Crippen molar-refractivity contribution in [2.45, 2.75) is 33.2 Å². The number of guanidine groups is 1. The van der Waals surface area contributed by atoms with Gasteiger partial charge in [0, 0.05) is 59.6 Å². The number of unbranched alkanes of at least 4 members (excludes halogenated alkanes) is 1. The summed E-state index contributed by atoms with van der Waals surface area (Å²) in [5.41, 5.74) is 1.18. The van der Waals surface area contributed by atoms with Gasteiger partial charge in [-0.15, -0.1) is 0 Å². The van der Waals surface area contributed by atoms with Crippen molar-refractivity contribution in [1.29, 1.82) is 0 Å². The van der Waals surface area contributed by atoms with E-state index in [-0.39, 0.29) is 0 Å². The first-order valence-electron chi connectivity index (χ1n) is 9.52. The van der Waals surface area contributed by atoms with E-state index in [0.717, 1.165) is 57.6 Å². The first-order valence-corrected chi connectivity index (χ1v) is 9.52. The topological polar surface area (TPSA) is 47.0 Å². The Labute approximate surface area is 152 Å². The van der Waals surface area contributed by atoms with Crippen LogP contribution in [0, 0.1) is 0 Å². The molecule has 0 atom stereocenters. The van der Waals surface area contributed by atoms with E-state index in [2.05, 4.69) is 63.0 Å². The second-order valence-corrected chi connectivity index (χ2v) is 6.62. The molecule has 0 saturated carbocycles. The number of nitrogens with zero attached hydrogens (tertiary/aromatic N) is 5. The second-order valence-electron chi connectivity index (χ2n) is 6.62. The van der Waals surface area contributed by atoms with Crippen molar-refractivity contribution < 1.29 is 0 Å². The maximum atomic E-state index is 4.67. The van der Waals surface area contributed by atoms with Gasteiger partial charge in [-0.2, -0.15) is 0 Å². The third kappa shape index (κ3) is 5.88. The number of hydrogen-bond donors (Lipinski definition) is 1. The predicted octanol–water partition coefficient (Wildman–Crippen LogP) is 2.03. The second kappa shape index (κ2) is 10.2. The fourth-order valence-corrected chi connectivity index (χ4v) is 3.07. The molecule has 6 heteroatoms. The fraction of sp³-hybridized carbons (Fsp3) is 0.684. The zero-order valence-electron chi connectivity index (χ0n) is 16.3. The van der Waals surface area contributed by atoms with E-state index in [1.165, 1.54) is 18.4 Å². The Morgan fingerprint density at radius 3 is 2.56 bits per heavy atom. The maximum Gasteiger partial charge on any atom is 0.193 e. The number of rotatable bonds is 7. The van der Waals surface area contributed by atoms with Gasteiger partial charge in [-0.25, -0.2) is 4.98 Å². The average molecular weight is 347 g/mol. The average Bonchev–Trinajstić information content (AvgIpc) is 2.67. The minimum atomic E-state index is 0.750. The van der Waals surface area contributed by atoms with Crippen LogP contribution in [0.5, 0.6) is 0 Å². The molecule has 1 aromatic heterocycles. The van der Waals surface area contributed by atoms with Gasteiger partial charge in [0.15, 0.2) is 5.96 Å². The minimum absolute atomic E-state index is 0.750. The van der Waals surface area contributed by atoms with Gasteiger partial charge in [0.2, 0.25) is 0 Å². The molecule has 0 unspecified atom stereocenters. The number of aromatic nitrogens is 1. The van der Waals surface area contributed by atoms with E-state index in [1.54, 1.807) is 0 Å². The van der Waals surface area contributed by atoms with Gasteiger partial charge in [0.1, 0.15) is 5.82 Å². The lowest BCUT2D eigenvalue weighted by Gasteiger charge is -2.34. The molecule has 140 valence electrons. The van der Waals surface area contributed by atoms with Crippen LogP contribution < -0.4 is 10.2 Å². The summed E-state index contributed by atoms with van der Waals surface area (Å²) in [6, 6.07) is 4.31. The highest BCUT2D eigenvalue weighted by molar-refractivity contribution is 5.79. The van der Waals surface area contributed by atoms with Crippen molar-refractivity contribution in [2.75, 3.05) is 58.3 Å². The molecule has 0 aliphatic carbocycles. The molecule has 1 aliphatic rings. The SMILES string of the molecule is CCCCN(C)C(=NC)NCc1ccc(N2CCN(CC)CC2)nc1. The Bertz CT molecular complexity index is 519. The quantitative estimate of drug-likeness (QED) is 0.605. The minimum Gasteiger partial charge on any atom is -0.354 e. The summed E-state index contributed by atoms with van der Waals surface area (Å²) in [5, 5.41) is 3.42. The van der Waals surface area contributed by atoms with Gasteiger partial charge in [-0.1, -0.05) is 26.3 Å². The van der Waals surface area contributed by atoms with Crippen LogP contribution in [0.2, 0.25) is 0 Å². The summed E-state index contributed by atoms with van der Waals surface area (Å²) >= 11 is 0.